The van der Waals surface area contributed by atoms with Gasteiger partial charge in [0, 0.05) is 6.54 Å². The molecule has 2 aliphatic rings. The van der Waals surface area contributed by atoms with E-state index in [2.05, 4.69) is 28.5 Å². The lowest BCUT2D eigenvalue weighted by Gasteiger charge is -2.20. The van der Waals surface area contributed by atoms with E-state index in [1.807, 2.05) is 7.05 Å². The summed E-state index contributed by atoms with van der Waals surface area (Å²) < 4.78 is 0. The van der Waals surface area contributed by atoms with Crippen LogP contribution in [0, 0.1) is 5.92 Å². The zero-order valence-electron chi connectivity index (χ0n) is 11.6. The Bertz CT molecular complexity index is 348. The van der Waals surface area contributed by atoms with E-state index < -0.39 is 0 Å². The van der Waals surface area contributed by atoms with E-state index >= 15 is 0 Å². The van der Waals surface area contributed by atoms with Crippen LogP contribution in [0.15, 0.2) is 29.2 Å². The summed E-state index contributed by atoms with van der Waals surface area (Å²) in [6, 6.07) is 0. The van der Waals surface area contributed by atoms with Gasteiger partial charge in [-0.25, -0.2) is 0 Å². The highest BCUT2D eigenvalue weighted by Crippen LogP contribution is 2.24. The van der Waals surface area contributed by atoms with E-state index in [1.54, 1.807) is 0 Å². The van der Waals surface area contributed by atoms with E-state index in [4.69, 9.17) is 0 Å². The number of rotatable bonds is 3. The van der Waals surface area contributed by atoms with Gasteiger partial charge in [0.1, 0.15) is 0 Å². The molecule has 100 valence electrons. The molecule has 0 aromatic carbocycles. The molecule has 0 spiro atoms. The molecule has 1 heterocycles. The molecule has 2 nitrogen and oxygen atoms in total. The molecule has 1 aliphatic heterocycles. The molecule has 2 heteroatoms. The van der Waals surface area contributed by atoms with Crippen molar-refractivity contribution in [1.29, 1.82) is 0 Å². The summed E-state index contributed by atoms with van der Waals surface area (Å²) in [6.45, 7) is 2.23. The first-order valence-electron chi connectivity index (χ1n) is 7.43. The predicted octanol–water partition coefficient (Wildman–Crippen LogP) is 3.13. The van der Waals surface area contributed by atoms with E-state index in [0.29, 0.717) is 0 Å². The van der Waals surface area contributed by atoms with E-state index in [-0.39, 0.29) is 0 Å². The summed E-state index contributed by atoms with van der Waals surface area (Å²) in [5.74, 6) is 0.782. The molecule has 0 bridgehead atoms. The summed E-state index contributed by atoms with van der Waals surface area (Å²) in [7, 11) is 2.04. The van der Waals surface area contributed by atoms with Gasteiger partial charge in [-0.3, -0.25) is 0 Å². The molecule has 0 saturated carbocycles. The van der Waals surface area contributed by atoms with Crippen molar-refractivity contribution in [2.75, 3.05) is 20.1 Å². The molecule has 0 aromatic heterocycles. The Kier molecular flexibility index (Phi) is 5.57. The van der Waals surface area contributed by atoms with Gasteiger partial charge in [-0.05, 0) is 69.7 Å². The monoisotopic (exact) mass is 246 g/mol. The highest BCUT2D eigenvalue weighted by atomic mass is 14.9. The largest absolute Gasteiger partial charge is 0.379 e. The van der Waals surface area contributed by atoms with Gasteiger partial charge in [0.15, 0.2) is 0 Å². The van der Waals surface area contributed by atoms with Crippen LogP contribution >= 0.6 is 0 Å². The van der Waals surface area contributed by atoms with Crippen LogP contribution in [0.2, 0.25) is 0 Å². The third-order valence-corrected chi connectivity index (χ3v) is 3.94. The highest BCUT2D eigenvalue weighted by Gasteiger charge is 2.12. The summed E-state index contributed by atoms with van der Waals surface area (Å²) in [5, 5.41) is 6.80. The molecule has 1 aliphatic carbocycles. The van der Waals surface area contributed by atoms with E-state index in [1.165, 1.54) is 49.8 Å². The van der Waals surface area contributed by atoms with Crippen molar-refractivity contribution >= 4 is 0 Å². The summed E-state index contributed by atoms with van der Waals surface area (Å²) in [4.78, 5) is 0. The quantitative estimate of drug-likeness (QED) is 0.748. The second kappa shape index (κ2) is 7.45. The van der Waals surface area contributed by atoms with Crippen LogP contribution in [0.3, 0.4) is 0 Å². The normalized spacial score (nSPS) is 27.5. The zero-order chi connectivity index (χ0) is 12.6. The molecule has 2 rings (SSSR count). The smallest absolute Gasteiger partial charge is 0.0799 e. The molecular weight excluding hydrogens is 220 g/mol. The minimum Gasteiger partial charge on any atom is -0.379 e. The molecule has 18 heavy (non-hydrogen) atoms. The van der Waals surface area contributed by atoms with Gasteiger partial charge in [0.25, 0.3) is 0 Å². The third-order valence-electron chi connectivity index (χ3n) is 3.94. The molecule has 0 unspecified atom stereocenters. The number of hydrogen-bond acceptors (Lipinski definition) is 2. The second-order valence-corrected chi connectivity index (χ2v) is 5.42. The topological polar surface area (TPSA) is 24.1 Å². The van der Waals surface area contributed by atoms with Crippen LogP contribution in [0.25, 0.3) is 0 Å². The standard InChI is InChI=1S/C16H26N2/c1-17-13-11-14-6-5-8-16-15(10-9-14)7-3-2-4-12-18-16/h5,10,14,17-18H,2-4,6-7,9,11-13H2,1H3/b15-10-/t8?,14-/m1/s1. The lowest BCUT2D eigenvalue weighted by atomic mass is 9.92. The number of nitrogens with one attached hydrogen (secondary N) is 2. The molecule has 0 amide bonds. The molecule has 0 radical (unpaired) electrons. The predicted molar refractivity (Wildman–Crippen MR) is 77.4 cm³/mol. The Morgan fingerprint density at radius 3 is 3.17 bits per heavy atom. The Hall–Kier alpha value is -0.980. The zero-order valence-corrected chi connectivity index (χ0v) is 11.6. The molecule has 2 N–H and O–H groups in total. The first-order chi connectivity index (χ1) is 8.90. The van der Waals surface area contributed by atoms with Crippen LogP contribution in [-0.4, -0.2) is 20.1 Å². The minimum absolute atomic E-state index is 0.782. The minimum atomic E-state index is 0.782. The van der Waals surface area contributed by atoms with Crippen molar-refractivity contribution in [3.63, 3.8) is 0 Å². The third kappa shape index (κ3) is 4.04. The summed E-state index contributed by atoms with van der Waals surface area (Å²) in [6.07, 6.45) is 13.6. The summed E-state index contributed by atoms with van der Waals surface area (Å²) >= 11 is 0. The van der Waals surface area contributed by atoms with Crippen LogP contribution in [0.4, 0.5) is 0 Å². The fourth-order valence-corrected chi connectivity index (χ4v) is 2.73. The number of allylic oxidation sites excluding steroid dienone is 2. The lowest BCUT2D eigenvalue weighted by molar-refractivity contribution is 0.482. The first-order valence-corrected chi connectivity index (χ1v) is 7.43. The molecular formula is C16H26N2. The van der Waals surface area contributed by atoms with Crippen molar-refractivity contribution in [3.8, 4) is 0 Å². The van der Waals surface area contributed by atoms with Gasteiger partial charge in [-0.1, -0.05) is 18.2 Å². The van der Waals surface area contributed by atoms with Crippen molar-refractivity contribution in [1.82, 2.24) is 10.6 Å². The average Bonchev–Trinajstić information content (AvgIpc) is 2.34. The van der Waals surface area contributed by atoms with Gasteiger partial charge in [0.05, 0.1) is 5.70 Å². The maximum Gasteiger partial charge on any atom is 0.0799 e. The fourth-order valence-electron chi connectivity index (χ4n) is 2.73. The Morgan fingerprint density at radius 1 is 1.33 bits per heavy atom. The lowest BCUT2D eigenvalue weighted by Crippen LogP contribution is -2.19. The van der Waals surface area contributed by atoms with Gasteiger partial charge < -0.3 is 10.6 Å². The van der Waals surface area contributed by atoms with Gasteiger partial charge in [-0.2, -0.15) is 0 Å². The van der Waals surface area contributed by atoms with Gasteiger partial charge in [-0.15, -0.1) is 0 Å². The average molecular weight is 246 g/mol. The van der Waals surface area contributed by atoms with Gasteiger partial charge in [0.2, 0.25) is 0 Å². The fraction of sp³-hybridized carbons (Fsp3) is 0.688. The number of hydrogen-bond donors (Lipinski definition) is 2. The Balaban J connectivity index is 2.05. The first kappa shape index (κ1) is 13.5. The van der Waals surface area contributed by atoms with Crippen molar-refractivity contribution in [3.05, 3.63) is 29.2 Å². The van der Waals surface area contributed by atoms with Crippen molar-refractivity contribution < 1.29 is 0 Å². The van der Waals surface area contributed by atoms with Crippen LogP contribution < -0.4 is 10.6 Å². The van der Waals surface area contributed by atoms with Crippen molar-refractivity contribution in [2.24, 2.45) is 5.92 Å². The number of fused-ring (bicyclic) bond motifs is 1. The summed E-state index contributed by atoms with van der Waals surface area (Å²) in [5.41, 5.74) is 6.26. The molecule has 1 atom stereocenters. The van der Waals surface area contributed by atoms with E-state index in [0.717, 1.165) is 25.4 Å². The maximum absolute atomic E-state index is 3.54. The Labute approximate surface area is 111 Å². The maximum atomic E-state index is 3.54. The second-order valence-electron chi connectivity index (χ2n) is 5.42. The van der Waals surface area contributed by atoms with Crippen LogP contribution in [0.5, 0.6) is 0 Å². The SMILES string of the molecule is CNCC[C@@H]1CC=C=C2NCCCCC/C2=C/C1. The molecule has 1 saturated heterocycles. The molecule has 1 fully saturated rings. The van der Waals surface area contributed by atoms with Crippen molar-refractivity contribution in [2.45, 2.75) is 44.9 Å². The molecule has 0 aromatic rings. The Morgan fingerprint density at radius 2 is 2.28 bits per heavy atom. The van der Waals surface area contributed by atoms with Gasteiger partial charge >= 0.3 is 0 Å². The van der Waals surface area contributed by atoms with Crippen LogP contribution in [-0.2, 0) is 0 Å². The van der Waals surface area contributed by atoms with E-state index in [9.17, 15) is 0 Å². The highest BCUT2D eigenvalue weighted by molar-refractivity contribution is 5.30. The van der Waals surface area contributed by atoms with Crippen LogP contribution in [0.1, 0.15) is 44.9 Å².